The SMILES string of the molecule is CC(=O)N[C@]1(C)CC2(CCN(C(=O)Cn3nc(C)ccc3=O)CC2)OC[C@H]1O.O=CO. The van der Waals surface area contributed by atoms with Crippen molar-refractivity contribution in [2.24, 2.45) is 0 Å². The Morgan fingerprint density at radius 1 is 1.35 bits per heavy atom. The number of hydrogen-bond acceptors (Lipinski definition) is 7. The lowest BCUT2D eigenvalue weighted by Crippen LogP contribution is -2.65. The number of aliphatic hydroxyl groups is 1. The Morgan fingerprint density at radius 2 is 1.97 bits per heavy atom. The molecule has 2 aliphatic heterocycles. The van der Waals surface area contributed by atoms with Gasteiger partial charge in [-0.1, -0.05) is 0 Å². The summed E-state index contributed by atoms with van der Waals surface area (Å²) in [5.74, 6) is -0.349. The number of likely N-dealkylation sites (tertiary alicyclic amines) is 1. The van der Waals surface area contributed by atoms with Gasteiger partial charge in [0.2, 0.25) is 11.8 Å². The van der Waals surface area contributed by atoms with Crippen molar-refractivity contribution in [1.29, 1.82) is 0 Å². The van der Waals surface area contributed by atoms with E-state index in [2.05, 4.69) is 10.4 Å². The summed E-state index contributed by atoms with van der Waals surface area (Å²) in [7, 11) is 0. The second-order valence-corrected chi connectivity index (χ2v) is 8.24. The van der Waals surface area contributed by atoms with Crippen molar-refractivity contribution in [1.82, 2.24) is 20.0 Å². The van der Waals surface area contributed by atoms with Crippen molar-refractivity contribution in [3.05, 3.63) is 28.2 Å². The fraction of sp³-hybridized carbons (Fsp3) is 0.650. The zero-order chi connectivity index (χ0) is 23.2. The van der Waals surface area contributed by atoms with Crippen LogP contribution >= 0.6 is 0 Å². The number of nitrogens with zero attached hydrogens (tertiary/aromatic N) is 3. The van der Waals surface area contributed by atoms with Gasteiger partial charge in [-0.05, 0) is 32.8 Å². The number of hydrogen-bond donors (Lipinski definition) is 3. The Morgan fingerprint density at radius 3 is 2.55 bits per heavy atom. The lowest BCUT2D eigenvalue weighted by molar-refractivity contribution is -0.182. The molecule has 0 bridgehead atoms. The maximum absolute atomic E-state index is 12.6. The molecule has 0 unspecified atom stereocenters. The van der Waals surface area contributed by atoms with Crippen molar-refractivity contribution in [2.75, 3.05) is 19.7 Å². The first-order valence-corrected chi connectivity index (χ1v) is 10.1. The molecule has 2 saturated heterocycles. The van der Waals surface area contributed by atoms with Gasteiger partial charge in [-0.2, -0.15) is 5.10 Å². The summed E-state index contributed by atoms with van der Waals surface area (Å²) in [4.78, 5) is 46.1. The molecule has 0 radical (unpaired) electrons. The predicted octanol–water partition coefficient (Wildman–Crippen LogP) is -0.710. The van der Waals surface area contributed by atoms with E-state index >= 15 is 0 Å². The van der Waals surface area contributed by atoms with E-state index in [1.165, 1.54) is 17.7 Å². The average Bonchev–Trinajstić information content (AvgIpc) is 2.68. The molecule has 1 spiro atoms. The van der Waals surface area contributed by atoms with Crippen LogP contribution in [0.3, 0.4) is 0 Å². The van der Waals surface area contributed by atoms with Crippen LogP contribution in [-0.4, -0.2) is 80.1 Å². The highest BCUT2D eigenvalue weighted by Gasteiger charge is 2.50. The number of aryl methyl sites for hydroxylation is 1. The molecular formula is C20H30N4O7. The molecule has 31 heavy (non-hydrogen) atoms. The number of rotatable bonds is 3. The minimum absolute atomic E-state index is 0.0866. The van der Waals surface area contributed by atoms with Crippen LogP contribution in [0.25, 0.3) is 0 Å². The van der Waals surface area contributed by atoms with Crippen molar-refractivity contribution >= 4 is 18.3 Å². The smallest absolute Gasteiger partial charge is 0.290 e. The Bertz CT molecular complexity index is 863. The highest BCUT2D eigenvalue weighted by Crippen LogP contribution is 2.39. The molecule has 0 aromatic carbocycles. The zero-order valence-corrected chi connectivity index (χ0v) is 18.0. The Labute approximate surface area is 180 Å². The molecule has 172 valence electrons. The molecule has 2 aliphatic rings. The van der Waals surface area contributed by atoms with Gasteiger partial charge in [-0.15, -0.1) is 0 Å². The number of nitrogens with one attached hydrogen (secondary N) is 1. The Balaban J connectivity index is 0.00000107. The van der Waals surface area contributed by atoms with E-state index in [-0.39, 0.29) is 37.0 Å². The van der Waals surface area contributed by atoms with Gasteiger partial charge in [0.25, 0.3) is 12.0 Å². The zero-order valence-electron chi connectivity index (χ0n) is 18.0. The molecule has 2 atom stereocenters. The fourth-order valence-corrected chi connectivity index (χ4v) is 4.18. The van der Waals surface area contributed by atoms with Gasteiger partial charge in [0, 0.05) is 32.5 Å². The highest BCUT2D eigenvalue weighted by atomic mass is 16.5. The van der Waals surface area contributed by atoms with Crippen LogP contribution in [-0.2, 0) is 25.7 Å². The number of carboxylic acid groups (broad SMARTS) is 1. The summed E-state index contributed by atoms with van der Waals surface area (Å²) < 4.78 is 7.15. The Kier molecular flexibility index (Phi) is 7.91. The molecule has 3 N–H and O–H groups in total. The van der Waals surface area contributed by atoms with Crippen molar-refractivity contribution in [3.8, 4) is 0 Å². The van der Waals surface area contributed by atoms with E-state index in [9.17, 15) is 19.5 Å². The van der Waals surface area contributed by atoms with Crippen molar-refractivity contribution in [2.45, 2.75) is 63.8 Å². The number of amides is 2. The van der Waals surface area contributed by atoms with Crippen molar-refractivity contribution < 1.29 is 29.3 Å². The second-order valence-electron chi connectivity index (χ2n) is 8.24. The molecule has 3 rings (SSSR count). The largest absolute Gasteiger partial charge is 0.483 e. The molecule has 11 nitrogen and oxygen atoms in total. The molecule has 1 aromatic heterocycles. The molecule has 0 aliphatic carbocycles. The number of ether oxygens (including phenoxy) is 1. The number of piperidine rings is 1. The predicted molar refractivity (Wildman–Crippen MR) is 109 cm³/mol. The summed E-state index contributed by atoms with van der Waals surface area (Å²) in [6, 6.07) is 3.03. The van der Waals surface area contributed by atoms with Crippen LogP contribution in [0.1, 0.15) is 38.8 Å². The first kappa shape index (κ1) is 24.5. The second kappa shape index (κ2) is 10.0. The molecule has 1 aromatic rings. The summed E-state index contributed by atoms with van der Waals surface area (Å²) in [6.07, 6.45) is 0.927. The fourth-order valence-electron chi connectivity index (χ4n) is 4.18. The number of aromatic nitrogens is 2. The van der Waals surface area contributed by atoms with Crippen LogP contribution in [0.5, 0.6) is 0 Å². The topological polar surface area (TPSA) is 151 Å². The molecule has 11 heteroatoms. The summed E-state index contributed by atoms with van der Waals surface area (Å²) in [5.41, 5.74) is -0.861. The summed E-state index contributed by atoms with van der Waals surface area (Å²) in [6.45, 7) is 5.83. The van der Waals surface area contributed by atoms with Crippen LogP contribution in [0.2, 0.25) is 0 Å². The number of aliphatic hydroxyl groups excluding tert-OH is 1. The molecule has 0 saturated carbocycles. The van der Waals surface area contributed by atoms with E-state index in [0.717, 1.165) is 0 Å². The van der Waals surface area contributed by atoms with Gasteiger partial charge in [-0.25, -0.2) is 4.68 Å². The monoisotopic (exact) mass is 438 g/mol. The maximum atomic E-state index is 12.6. The van der Waals surface area contributed by atoms with Gasteiger partial charge in [0.05, 0.1) is 23.4 Å². The maximum Gasteiger partial charge on any atom is 0.290 e. The van der Waals surface area contributed by atoms with E-state index in [1.54, 1.807) is 17.9 Å². The normalized spacial score (nSPS) is 24.6. The minimum atomic E-state index is -0.777. The molecule has 2 amide bonds. The van der Waals surface area contributed by atoms with Crippen LogP contribution < -0.4 is 10.9 Å². The van der Waals surface area contributed by atoms with Gasteiger partial charge in [-0.3, -0.25) is 19.2 Å². The lowest BCUT2D eigenvalue weighted by atomic mass is 9.74. The minimum Gasteiger partial charge on any atom is -0.483 e. The van der Waals surface area contributed by atoms with E-state index in [0.29, 0.717) is 38.0 Å². The quantitative estimate of drug-likeness (QED) is 0.524. The first-order valence-electron chi connectivity index (χ1n) is 10.1. The number of carbonyl (C=O) groups is 3. The highest BCUT2D eigenvalue weighted by molar-refractivity contribution is 5.76. The standard InChI is InChI=1S/C19H28N4O5.CH2O2/c1-13-4-5-16(26)23(21-13)10-17(27)22-8-6-19(7-9-22)12-18(3,20-14(2)24)15(25)11-28-19;2-1-3/h4-5,15,25H,6-12H2,1-3H3,(H,20,24);1H,(H,2,3)/t15-,18-;/m1./s1. The van der Waals surface area contributed by atoms with E-state index < -0.39 is 17.2 Å². The van der Waals surface area contributed by atoms with Gasteiger partial charge >= 0.3 is 0 Å². The average molecular weight is 438 g/mol. The van der Waals surface area contributed by atoms with Crippen molar-refractivity contribution in [3.63, 3.8) is 0 Å². The van der Waals surface area contributed by atoms with Gasteiger partial charge in [0.1, 0.15) is 12.6 Å². The third kappa shape index (κ3) is 6.11. The van der Waals surface area contributed by atoms with Gasteiger partial charge < -0.3 is 25.2 Å². The molecule has 2 fully saturated rings. The number of carbonyl (C=O) groups excluding carboxylic acids is 2. The van der Waals surface area contributed by atoms with Crippen LogP contribution in [0, 0.1) is 6.92 Å². The first-order chi connectivity index (χ1) is 14.5. The third-order valence-electron chi connectivity index (χ3n) is 5.75. The van der Waals surface area contributed by atoms with E-state index in [1.807, 2.05) is 6.92 Å². The van der Waals surface area contributed by atoms with Crippen LogP contribution in [0.4, 0.5) is 0 Å². The van der Waals surface area contributed by atoms with Crippen LogP contribution in [0.15, 0.2) is 16.9 Å². The molecular weight excluding hydrogens is 408 g/mol. The molecule has 3 heterocycles. The summed E-state index contributed by atoms with van der Waals surface area (Å²) >= 11 is 0. The lowest BCUT2D eigenvalue weighted by Gasteiger charge is -2.51. The summed E-state index contributed by atoms with van der Waals surface area (Å²) in [5, 5.41) is 24.2. The Hall–Kier alpha value is -2.79. The van der Waals surface area contributed by atoms with Gasteiger partial charge in [0.15, 0.2) is 0 Å². The third-order valence-corrected chi connectivity index (χ3v) is 5.75. The van der Waals surface area contributed by atoms with E-state index in [4.69, 9.17) is 14.6 Å².